The van der Waals surface area contributed by atoms with Crippen molar-refractivity contribution >= 4 is 24.2 Å². The minimum atomic E-state index is -0.981. The minimum absolute atomic E-state index is 0.193. The quantitative estimate of drug-likeness (QED) is 0.109. The number of nitrogens with one attached hydrogen (secondary N) is 2. The van der Waals surface area contributed by atoms with E-state index in [4.69, 9.17) is 18.9 Å². The van der Waals surface area contributed by atoms with Crippen LogP contribution in [0, 0.1) is 0 Å². The number of hydrogen-bond donors (Lipinski definition) is 4. The van der Waals surface area contributed by atoms with Crippen LogP contribution in [-0.2, 0) is 56.9 Å². The van der Waals surface area contributed by atoms with Gasteiger partial charge in [-0.3, -0.25) is 9.59 Å². The Balaban J connectivity index is 1.33. The van der Waals surface area contributed by atoms with E-state index in [9.17, 15) is 19.8 Å². The molecule has 0 saturated carbocycles. The maximum absolute atomic E-state index is 12.7. The lowest BCUT2D eigenvalue weighted by atomic mass is 9.79. The summed E-state index contributed by atoms with van der Waals surface area (Å²) in [5, 5.41) is 33.3. The first-order valence-corrected chi connectivity index (χ1v) is 26.2. The average Bonchev–Trinajstić information content (AvgIpc) is 3.36. The number of carbonyl (C=O) groups excluding carboxylic acids is 2. The van der Waals surface area contributed by atoms with E-state index in [0.717, 1.165) is 66.8 Å². The van der Waals surface area contributed by atoms with Crippen molar-refractivity contribution in [1.82, 2.24) is 10.9 Å². The number of fused-ring (bicyclic) bond motifs is 1. The third-order valence-corrected chi connectivity index (χ3v) is 13.9. The molecule has 1 aliphatic carbocycles. The van der Waals surface area contributed by atoms with Gasteiger partial charge in [-0.25, -0.2) is 10.9 Å². The molecule has 398 valence electrons. The number of hydrazone groups is 2. The molecule has 5 aliphatic heterocycles. The number of carbonyl (C=O) groups is 2. The largest absolute Gasteiger partial charge is 0.507 e. The zero-order valence-corrected chi connectivity index (χ0v) is 46.3. The van der Waals surface area contributed by atoms with Gasteiger partial charge in [0.1, 0.15) is 60.9 Å². The Labute approximate surface area is 448 Å². The summed E-state index contributed by atoms with van der Waals surface area (Å²) in [5.74, 6) is 1.03. The van der Waals surface area contributed by atoms with Gasteiger partial charge in [-0.2, -0.15) is 10.2 Å². The SMILES string of the molecule is CC(C)(C)c1cc2c(O)c(c1)Cc1cc(C(C)(C)C)cc3c1OCCOc1ccc(cc1)/C=N/NC(=O)C(=O)N/N=C/c1ccc(cc1)OCCOc1c(cc(C(C)(C)C)cc1Cc1cc(C(C)(C)C)cc(c1O)C3)C2. The number of phenols is 2. The number of benzene rings is 6. The van der Waals surface area contributed by atoms with E-state index in [1.807, 2.05) is 0 Å². The lowest BCUT2D eigenvalue weighted by Gasteiger charge is -2.28. The van der Waals surface area contributed by atoms with Crippen LogP contribution in [0.25, 0.3) is 0 Å². The third kappa shape index (κ3) is 13.3. The van der Waals surface area contributed by atoms with E-state index in [1.165, 1.54) is 12.4 Å². The molecule has 12 heteroatoms. The number of nitrogens with zero attached hydrogens (tertiary/aromatic N) is 2. The Morgan fingerprint density at radius 1 is 0.382 bits per heavy atom. The van der Waals surface area contributed by atoms with Gasteiger partial charge in [0.15, 0.2) is 0 Å². The highest BCUT2D eigenvalue weighted by atomic mass is 16.5. The summed E-state index contributed by atoms with van der Waals surface area (Å²) in [4.78, 5) is 24.9. The predicted octanol–water partition coefficient (Wildman–Crippen LogP) is 11.8. The lowest BCUT2D eigenvalue weighted by molar-refractivity contribution is -0.139. The Morgan fingerprint density at radius 2 is 0.632 bits per heavy atom. The zero-order valence-electron chi connectivity index (χ0n) is 46.3. The van der Waals surface area contributed by atoms with E-state index in [2.05, 4.69) is 153 Å². The molecular formula is C64H74N4O8. The Kier molecular flexibility index (Phi) is 15.8. The van der Waals surface area contributed by atoms with Gasteiger partial charge in [0.2, 0.25) is 0 Å². The fourth-order valence-electron chi connectivity index (χ4n) is 9.36. The predicted molar refractivity (Wildman–Crippen MR) is 301 cm³/mol. The molecule has 0 radical (unpaired) electrons. The molecule has 0 aromatic heterocycles. The van der Waals surface area contributed by atoms with Crippen molar-refractivity contribution in [3.05, 3.63) is 175 Å². The summed E-state index contributed by atoms with van der Waals surface area (Å²) < 4.78 is 26.3. The van der Waals surface area contributed by atoms with Crippen molar-refractivity contribution in [3.63, 3.8) is 0 Å². The van der Waals surface area contributed by atoms with Gasteiger partial charge in [0.25, 0.3) is 0 Å². The van der Waals surface area contributed by atoms with Gasteiger partial charge in [-0.1, -0.05) is 132 Å². The van der Waals surface area contributed by atoms with Crippen LogP contribution >= 0.6 is 0 Å². The normalized spacial score (nSPS) is 15.9. The van der Waals surface area contributed by atoms with E-state index < -0.39 is 11.8 Å². The molecule has 0 fully saturated rings. The number of hydrogen-bond acceptors (Lipinski definition) is 10. The zero-order chi connectivity index (χ0) is 54.7. The van der Waals surface area contributed by atoms with Crippen molar-refractivity contribution in [2.45, 2.75) is 130 Å². The van der Waals surface area contributed by atoms with Gasteiger partial charge in [0.05, 0.1) is 12.4 Å². The summed E-state index contributed by atoms with van der Waals surface area (Å²) >= 11 is 0. The molecule has 76 heavy (non-hydrogen) atoms. The first kappa shape index (κ1) is 54.7. The highest BCUT2D eigenvalue weighted by Crippen LogP contribution is 2.44. The van der Waals surface area contributed by atoms with Crippen molar-refractivity contribution in [2.24, 2.45) is 10.2 Å². The second-order valence-electron chi connectivity index (χ2n) is 24.2. The number of aromatic hydroxyl groups is 2. The maximum atomic E-state index is 12.7. The highest BCUT2D eigenvalue weighted by Gasteiger charge is 2.29. The van der Waals surface area contributed by atoms with Crippen LogP contribution < -0.4 is 29.8 Å². The smallest absolute Gasteiger partial charge is 0.331 e. The number of rotatable bonds is 0. The molecule has 4 N–H and O–H groups in total. The molecule has 6 aliphatic rings. The summed E-state index contributed by atoms with van der Waals surface area (Å²) in [5.41, 5.74) is 15.9. The Hall–Kier alpha value is -7.60. The summed E-state index contributed by atoms with van der Waals surface area (Å²) in [6.45, 7) is 27.2. The molecule has 0 atom stereocenters. The van der Waals surface area contributed by atoms with Crippen molar-refractivity contribution < 1.29 is 38.7 Å². The molecule has 5 heterocycles. The van der Waals surface area contributed by atoms with Gasteiger partial charge >= 0.3 is 11.8 Å². The van der Waals surface area contributed by atoms with Crippen LogP contribution in [-0.4, -0.2) is 60.9 Å². The van der Waals surface area contributed by atoms with Crippen LogP contribution in [0.5, 0.6) is 34.5 Å². The topological polar surface area (TPSA) is 160 Å². The van der Waals surface area contributed by atoms with Crippen LogP contribution in [0.15, 0.2) is 107 Å². The lowest BCUT2D eigenvalue weighted by Crippen LogP contribution is -2.35. The van der Waals surface area contributed by atoms with Crippen molar-refractivity contribution in [1.29, 1.82) is 0 Å². The molecule has 14 bridgehead atoms. The van der Waals surface area contributed by atoms with Crippen LogP contribution in [0.4, 0.5) is 0 Å². The third-order valence-electron chi connectivity index (χ3n) is 13.9. The molecule has 6 aromatic carbocycles. The molecule has 0 spiro atoms. The summed E-state index contributed by atoms with van der Waals surface area (Å²) in [6.07, 6.45) is 4.31. The van der Waals surface area contributed by atoms with E-state index in [1.54, 1.807) is 48.5 Å². The first-order valence-electron chi connectivity index (χ1n) is 26.2. The van der Waals surface area contributed by atoms with Crippen LogP contribution in [0.3, 0.4) is 0 Å². The molecule has 2 amide bonds. The first-order chi connectivity index (χ1) is 35.8. The standard InChI is InChI=1S/C64H74N4O8/c1-61(2,3)49-29-41-25-45-33-51(63(7,8)9)35-47-27-43-31-50(62(4,5)6)32-44(56(43)70)28-48-36-52(64(10,11)12)34-46(26-42(30-49)55(41)69)58(48)76-24-22-74-54-19-15-40(16-20-54)38-66-68-60(72)59(71)67-65-37-39-13-17-53(18-14-39)73-21-23-75-57(45)47/h13-20,29-38,69-70H,21-28H2,1-12H3,(H,67,71)(H,68,72)/b65-37+,66-38+. The fourth-order valence-corrected chi connectivity index (χ4v) is 9.36. The van der Waals surface area contributed by atoms with Crippen molar-refractivity contribution in [3.8, 4) is 34.5 Å². The van der Waals surface area contributed by atoms with Gasteiger partial charge in [-0.15, -0.1) is 0 Å². The maximum Gasteiger partial charge on any atom is 0.331 e. The number of phenolic OH excluding ortho intramolecular Hbond substituents is 2. The van der Waals surface area contributed by atoms with Gasteiger partial charge < -0.3 is 29.2 Å². The number of amides is 2. The van der Waals surface area contributed by atoms with Crippen molar-refractivity contribution in [2.75, 3.05) is 26.4 Å². The highest BCUT2D eigenvalue weighted by molar-refractivity contribution is 6.35. The molecule has 12 rings (SSSR count). The summed E-state index contributed by atoms with van der Waals surface area (Å²) in [6, 6.07) is 31.7. The van der Waals surface area contributed by atoms with Crippen LogP contribution in [0.1, 0.15) is 161 Å². The molecule has 6 aromatic rings. The van der Waals surface area contributed by atoms with E-state index >= 15 is 0 Å². The number of ether oxygens (including phenoxy) is 4. The average molecular weight is 1030 g/mol. The second kappa shape index (κ2) is 21.9. The second-order valence-corrected chi connectivity index (χ2v) is 24.2. The molecular weight excluding hydrogens is 953 g/mol. The molecule has 0 saturated heterocycles. The van der Waals surface area contributed by atoms with E-state index in [0.29, 0.717) is 59.8 Å². The van der Waals surface area contributed by atoms with Gasteiger partial charge in [-0.05, 0) is 148 Å². The monoisotopic (exact) mass is 1030 g/mol. The van der Waals surface area contributed by atoms with Gasteiger partial charge in [0, 0.05) is 25.7 Å². The van der Waals surface area contributed by atoms with Crippen LogP contribution in [0.2, 0.25) is 0 Å². The molecule has 0 unspecified atom stereocenters. The molecule has 12 nitrogen and oxygen atoms in total. The minimum Gasteiger partial charge on any atom is -0.507 e. The fraction of sp³-hybridized carbons (Fsp3) is 0.375. The summed E-state index contributed by atoms with van der Waals surface area (Å²) in [7, 11) is 0. The Bertz CT molecular complexity index is 2870. The van der Waals surface area contributed by atoms with E-state index in [-0.39, 0.29) is 59.6 Å². The Morgan fingerprint density at radius 3 is 0.895 bits per heavy atom.